The summed E-state index contributed by atoms with van der Waals surface area (Å²) < 4.78 is 25.5. The van der Waals surface area contributed by atoms with Gasteiger partial charge < -0.3 is 5.32 Å². The number of hydrogen-bond donors (Lipinski definition) is 1. The van der Waals surface area contributed by atoms with Gasteiger partial charge in [-0.3, -0.25) is 4.79 Å². The Hall–Kier alpha value is -2.23. The highest BCUT2D eigenvalue weighted by Gasteiger charge is 2.11. The number of nitrogens with one attached hydrogen (secondary N) is 1. The lowest BCUT2D eigenvalue weighted by atomic mass is 10.1. The zero-order valence-electron chi connectivity index (χ0n) is 10.4. The van der Waals surface area contributed by atoms with E-state index in [1.165, 1.54) is 36.4 Å². The van der Waals surface area contributed by atoms with Gasteiger partial charge in [0.2, 0.25) is 0 Å². The first-order valence-electron chi connectivity index (χ1n) is 5.88. The van der Waals surface area contributed by atoms with Crippen LogP contribution in [0, 0.1) is 11.6 Å². The molecule has 4 heteroatoms. The topological polar surface area (TPSA) is 29.1 Å². The predicted molar refractivity (Wildman–Crippen MR) is 68.7 cm³/mol. The van der Waals surface area contributed by atoms with Crippen LogP contribution in [0.1, 0.15) is 28.9 Å². The summed E-state index contributed by atoms with van der Waals surface area (Å²) in [5.74, 6) is -0.999. The van der Waals surface area contributed by atoms with Gasteiger partial charge in [-0.1, -0.05) is 12.1 Å². The molecule has 1 N–H and O–H groups in total. The lowest BCUT2D eigenvalue weighted by Crippen LogP contribution is -2.26. The maximum absolute atomic E-state index is 12.8. The van der Waals surface area contributed by atoms with Gasteiger partial charge >= 0.3 is 0 Å². The third-order valence-corrected chi connectivity index (χ3v) is 2.82. The van der Waals surface area contributed by atoms with Crippen molar-refractivity contribution in [3.05, 3.63) is 71.3 Å². The molecule has 0 aliphatic rings. The molecule has 2 aromatic rings. The van der Waals surface area contributed by atoms with Crippen LogP contribution < -0.4 is 5.32 Å². The van der Waals surface area contributed by atoms with Crippen LogP contribution >= 0.6 is 0 Å². The minimum Gasteiger partial charge on any atom is -0.346 e. The van der Waals surface area contributed by atoms with Crippen LogP contribution in [0.4, 0.5) is 8.78 Å². The third kappa shape index (κ3) is 3.37. The molecule has 2 nitrogen and oxygen atoms in total. The summed E-state index contributed by atoms with van der Waals surface area (Å²) in [5.41, 5.74) is 1.19. The quantitative estimate of drug-likeness (QED) is 0.900. The van der Waals surface area contributed by atoms with E-state index in [-0.39, 0.29) is 23.6 Å². The van der Waals surface area contributed by atoms with Crippen molar-refractivity contribution < 1.29 is 13.6 Å². The second-order valence-electron chi connectivity index (χ2n) is 4.25. The van der Waals surface area contributed by atoms with E-state index >= 15 is 0 Å². The van der Waals surface area contributed by atoms with E-state index in [4.69, 9.17) is 0 Å². The summed E-state index contributed by atoms with van der Waals surface area (Å²) in [6.45, 7) is 1.80. The zero-order chi connectivity index (χ0) is 13.8. The molecule has 0 spiro atoms. The van der Waals surface area contributed by atoms with Crippen LogP contribution in [-0.4, -0.2) is 5.91 Å². The number of halogens is 2. The second-order valence-corrected chi connectivity index (χ2v) is 4.25. The molecule has 1 amide bonds. The van der Waals surface area contributed by atoms with Crippen LogP contribution in [-0.2, 0) is 0 Å². The summed E-state index contributed by atoms with van der Waals surface area (Å²) in [6, 6.07) is 11.0. The van der Waals surface area contributed by atoms with Crippen molar-refractivity contribution >= 4 is 5.91 Å². The van der Waals surface area contributed by atoms with Crippen LogP contribution in [0.3, 0.4) is 0 Å². The van der Waals surface area contributed by atoms with Crippen molar-refractivity contribution in [2.24, 2.45) is 0 Å². The fraction of sp³-hybridized carbons (Fsp3) is 0.133. The smallest absolute Gasteiger partial charge is 0.251 e. The van der Waals surface area contributed by atoms with E-state index in [9.17, 15) is 13.6 Å². The highest BCUT2D eigenvalue weighted by atomic mass is 19.1. The Morgan fingerprint density at radius 1 is 0.947 bits per heavy atom. The van der Waals surface area contributed by atoms with E-state index in [1.807, 2.05) is 0 Å². The van der Waals surface area contributed by atoms with Gasteiger partial charge in [-0.05, 0) is 48.9 Å². The minimum atomic E-state index is -0.386. The largest absolute Gasteiger partial charge is 0.346 e. The summed E-state index contributed by atoms with van der Waals surface area (Å²) in [4.78, 5) is 11.9. The molecule has 0 aliphatic carbocycles. The molecule has 2 aromatic carbocycles. The fourth-order valence-corrected chi connectivity index (χ4v) is 1.72. The molecule has 19 heavy (non-hydrogen) atoms. The molecule has 0 fully saturated rings. The summed E-state index contributed by atoms with van der Waals surface area (Å²) in [7, 11) is 0. The van der Waals surface area contributed by atoms with Crippen LogP contribution in [0.2, 0.25) is 0 Å². The van der Waals surface area contributed by atoms with E-state index < -0.39 is 0 Å². The van der Waals surface area contributed by atoms with Gasteiger partial charge in [0.1, 0.15) is 11.6 Å². The fourth-order valence-electron chi connectivity index (χ4n) is 1.72. The van der Waals surface area contributed by atoms with Gasteiger partial charge in [0, 0.05) is 5.56 Å². The van der Waals surface area contributed by atoms with Crippen molar-refractivity contribution in [3.8, 4) is 0 Å². The van der Waals surface area contributed by atoms with Gasteiger partial charge in [0.15, 0.2) is 0 Å². The molecule has 98 valence electrons. The Bertz CT molecular complexity index is 564. The molecule has 0 radical (unpaired) electrons. The maximum atomic E-state index is 12.8. The van der Waals surface area contributed by atoms with Gasteiger partial charge in [-0.25, -0.2) is 8.78 Å². The van der Waals surface area contributed by atoms with Gasteiger partial charge in [-0.15, -0.1) is 0 Å². The summed E-state index contributed by atoms with van der Waals surface area (Å²) in [5, 5.41) is 2.77. The molecule has 2 rings (SSSR count). The Labute approximate surface area is 110 Å². The van der Waals surface area contributed by atoms with Gasteiger partial charge in [-0.2, -0.15) is 0 Å². The number of rotatable bonds is 3. The van der Waals surface area contributed by atoms with Crippen molar-refractivity contribution in [2.75, 3.05) is 0 Å². The number of carbonyl (C=O) groups is 1. The standard InChI is InChI=1S/C15H13F2NO/c1-10(11-2-6-13(16)7-3-11)18-15(19)12-4-8-14(17)9-5-12/h2-10H,1H3,(H,18,19)/t10-/m0/s1. The molecule has 0 saturated carbocycles. The lowest BCUT2D eigenvalue weighted by molar-refractivity contribution is 0.0940. The molecule has 0 unspecified atom stereocenters. The first kappa shape index (κ1) is 13.2. The average Bonchev–Trinajstić information content (AvgIpc) is 2.40. The molecule has 0 aromatic heterocycles. The molecule has 0 saturated heterocycles. The Morgan fingerprint density at radius 2 is 1.42 bits per heavy atom. The molecule has 0 heterocycles. The van der Waals surface area contributed by atoms with E-state index in [0.717, 1.165) is 5.56 Å². The zero-order valence-corrected chi connectivity index (χ0v) is 10.4. The number of benzene rings is 2. The second kappa shape index (κ2) is 5.61. The van der Waals surface area contributed by atoms with E-state index in [1.54, 1.807) is 19.1 Å². The third-order valence-electron chi connectivity index (χ3n) is 2.82. The normalized spacial score (nSPS) is 11.9. The van der Waals surface area contributed by atoms with Crippen LogP contribution in [0.5, 0.6) is 0 Å². The Kier molecular flexibility index (Phi) is 3.90. The highest BCUT2D eigenvalue weighted by Crippen LogP contribution is 2.14. The van der Waals surface area contributed by atoms with Crippen molar-refractivity contribution in [2.45, 2.75) is 13.0 Å². The molecular formula is C15H13F2NO. The SMILES string of the molecule is C[C@H](NC(=O)c1ccc(F)cc1)c1ccc(F)cc1. The molecule has 1 atom stereocenters. The van der Waals surface area contributed by atoms with Crippen LogP contribution in [0.15, 0.2) is 48.5 Å². The molecule has 0 bridgehead atoms. The Morgan fingerprint density at radius 3 is 1.95 bits per heavy atom. The number of hydrogen-bond acceptors (Lipinski definition) is 1. The average molecular weight is 261 g/mol. The first-order chi connectivity index (χ1) is 9.06. The predicted octanol–water partition coefficient (Wildman–Crippen LogP) is 3.46. The molecule has 0 aliphatic heterocycles. The van der Waals surface area contributed by atoms with E-state index in [2.05, 4.69) is 5.32 Å². The number of carbonyl (C=O) groups excluding carboxylic acids is 1. The minimum absolute atomic E-state index is 0.252. The number of amides is 1. The molecular weight excluding hydrogens is 248 g/mol. The van der Waals surface area contributed by atoms with Gasteiger partial charge in [0.05, 0.1) is 6.04 Å². The Balaban J connectivity index is 2.06. The highest BCUT2D eigenvalue weighted by molar-refractivity contribution is 5.94. The maximum Gasteiger partial charge on any atom is 0.251 e. The van der Waals surface area contributed by atoms with Crippen LogP contribution in [0.25, 0.3) is 0 Å². The summed E-state index contributed by atoms with van der Waals surface area (Å²) in [6.07, 6.45) is 0. The van der Waals surface area contributed by atoms with E-state index in [0.29, 0.717) is 5.56 Å². The lowest BCUT2D eigenvalue weighted by Gasteiger charge is -2.14. The monoisotopic (exact) mass is 261 g/mol. The first-order valence-corrected chi connectivity index (χ1v) is 5.88. The van der Waals surface area contributed by atoms with Crippen molar-refractivity contribution in [1.82, 2.24) is 5.32 Å². The van der Waals surface area contributed by atoms with Crippen molar-refractivity contribution in [1.29, 1.82) is 0 Å². The van der Waals surface area contributed by atoms with Crippen molar-refractivity contribution in [3.63, 3.8) is 0 Å². The summed E-state index contributed by atoms with van der Waals surface area (Å²) >= 11 is 0. The van der Waals surface area contributed by atoms with Gasteiger partial charge in [0.25, 0.3) is 5.91 Å².